The van der Waals surface area contributed by atoms with Gasteiger partial charge in [0.25, 0.3) is 11.8 Å². The van der Waals surface area contributed by atoms with Crippen molar-refractivity contribution in [1.29, 1.82) is 0 Å². The second kappa shape index (κ2) is 8.41. The summed E-state index contributed by atoms with van der Waals surface area (Å²) in [5, 5.41) is 0. The summed E-state index contributed by atoms with van der Waals surface area (Å²) < 4.78 is 32.5. The molecule has 3 fully saturated rings. The standard InChI is InChI=1S/C20H27N3O5S/c24-19(21-10-12-22(13-11-21)20(25)18-7-4-14-28-18)16-5-3-6-17(15-16)29(26,27)23-8-1-2-9-23/h3,5-6,15,18H,1-2,4,7-14H2/t18-/m0/s1. The minimum atomic E-state index is -3.56. The molecule has 2 amide bonds. The Morgan fingerprint density at radius 2 is 1.62 bits per heavy atom. The smallest absolute Gasteiger partial charge is 0.254 e. The van der Waals surface area contributed by atoms with Crippen LogP contribution in [0.2, 0.25) is 0 Å². The van der Waals surface area contributed by atoms with Gasteiger partial charge in [-0.15, -0.1) is 0 Å². The van der Waals surface area contributed by atoms with Crippen LogP contribution in [0.15, 0.2) is 29.2 Å². The first-order valence-corrected chi connectivity index (χ1v) is 11.7. The molecule has 158 valence electrons. The average molecular weight is 422 g/mol. The number of sulfonamides is 1. The highest BCUT2D eigenvalue weighted by Crippen LogP contribution is 2.22. The number of carbonyl (C=O) groups is 2. The maximum atomic E-state index is 12.9. The van der Waals surface area contributed by atoms with Gasteiger partial charge in [-0.1, -0.05) is 6.07 Å². The first kappa shape index (κ1) is 20.3. The van der Waals surface area contributed by atoms with Crippen molar-refractivity contribution in [2.75, 3.05) is 45.9 Å². The second-order valence-electron chi connectivity index (χ2n) is 7.76. The van der Waals surface area contributed by atoms with E-state index in [9.17, 15) is 18.0 Å². The Bertz CT molecular complexity index is 868. The van der Waals surface area contributed by atoms with Crippen LogP contribution >= 0.6 is 0 Å². The molecule has 4 rings (SSSR count). The number of ether oxygens (including phenoxy) is 1. The topological polar surface area (TPSA) is 87.2 Å². The summed E-state index contributed by atoms with van der Waals surface area (Å²) in [4.78, 5) is 29.0. The molecule has 1 aromatic carbocycles. The van der Waals surface area contributed by atoms with Crippen molar-refractivity contribution in [3.05, 3.63) is 29.8 Å². The van der Waals surface area contributed by atoms with Crippen LogP contribution in [0.3, 0.4) is 0 Å². The molecule has 1 atom stereocenters. The van der Waals surface area contributed by atoms with Crippen LogP contribution in [0.1, 0.15) is 36.0 Å². The van der Waals surface area contributed by atoms with Gasteiger partial charge in [-0.2, -0.15) is 4.31 Å². The molecule has 3 aliphatic rings. The number of hydrogen-bond acceptors (Lipinski definition) is 5. The lowest BCUT2D eigenvalue weighted by Crippen LogP contribution is -2.52. The van der Waals surface area contributed by atoms with Crippen LogP contribution in [0.5, 0.6) is 0 Å². The van der Waals surface area contributed by atoms with E-state index in [2.05, 4.69) is 0 Å². The number of rotatable bonds is 4. The van der Waals surface area contributed by atoms with E-state index in [1.165, 1.54) is 10.4 Å². The van der Waals surface area contributed by atoms with Crippen molar-refractivity contribution in [2.45, 2.75) is 36.7 Å². The van der Waals surface area contributed by atoms with Crippen molar-refractivity contribution in [3.63, 3.8) is 0 Å². The lowest BCUT2D eigenvalue weighted by Gasteiger charge is -2.35. The van der Waals surface area contributed by atoms with Crippen LogP contribution in [-0.4, -0.2) is 86.3 Å². The molecule has 9 heteroatoms. The van der Waals surface area contributed by atoms with E-state index in [1.54, 1.807) is 28.0 Å². The minimum Gasteiger partial charge on any atom is -0.368 e. The number of hydrogen-bond donors (Lipinski definition) is 0. The number of carbonyl (C=O) groups excluding carboxylic acids is 2. The number of benzene rings is 1. The first-order chi connectivity index (χ1) is 14.0. The molecule has 3 saturated heterocycles. The Morgan fingerprint density at radius 1 is 0.931 bits per heavy atom. The molecule has 3 aliphatic heterocycles. The Labute approximate surface area is 171 Å². The van der Waals surface area contributed by atoms with E-state index in [0.29, 0.717) is 51.4 Å². The van der Waals surface area contributed by atoms with E-state index in [-0.39, 0.29) is 22.8 Å². The van der Waals surface area contributed by atoms with Gasteiger partial charge in [0.2, 0.25) is 10.0 Å². The zero-order chi connectivity index (χ0) is 20.4. The van der Waals surface area contributed by atoms with Gasteiger partial charge in [0.15, 0.2) is 0 Å². The highest BCUT2D eigenvalue weighted by molar-refractivity contribution is 7.89. The lowest BCUT2D eigenvalue weighted by atomic mass is 10.1. The molecule has 0 N–H and O–H groups in total. The van der Waals surface area contributed by atoms with Crippen LogP contribution in [0, 0.1) is 0 Å². The molecule has 0 unspecified atom stereocenters. The summed E-state index contributed by atoms with van der Waals surface area (Å²) >= 11 is 0. The van der Waals surface area contributed by atoms with Gasteiger partial charge in [-0.25, -0.2) is 8.42 Å². The second-order valence-corrected chi connectivity index (χ2v) is 9.70. The third-order valence-corrected chi connectivity index (χ3v) is 7.76. The molecule has 0 bridgehead atoms. The molecular formula is C20H27N3O5S. The molecule has 3 heterocycles. The molecule has 0 spiro atoms. The fourth-order valence-corrected chi connectivity index (χ4v) is 5.72. The predicted molar refractivity (Wildman–Crippen MR) is 106 cm³/mol. The summed E-state index contributed by atoms with van der Waals surface area (Å²) in [7, 11) is -3.56. The summed E-state index contributed by atoms with van der Waals surface area (Å²) in [5.74, 6) is -0.194. The Balaban J connectivity index is 1.41. The van der Waals surface area contributed by atoms with E-state index in [1.807, 2.05) is 0 Å². The third-order valence-electron chi connectivity index (χ3n) is 5.87. The Hall–Kier alpha value is -1.97. The number of amides is 2. The van der Waals surface area contributed by atoms with E-state index in [0.717, 1.165) is 25.7 Å². The summed E-state index contributed by atoms with van der Waals surface area (Å²) in [6, 6.07) is 6.28. The van der Waals surface area contributed by atoms with Crippen LogP contribution in [-0.2, 0) is 19.6 Å². The van der Waals surface area contributed by atoms with Gasteiger partial charge in [0.05, 0.1) is 4.90 Å². The van der Waals surface area contributed by atoms with Crippen molar-refractivity contribution in [3.8, 4) is 0 Å². The van der Waals surface area contributed by atoms with E-state index >= 15 is 0 Å². The van der Waals surface area contributed by atoms with Crippen molar-refractivity contribution >= 4 is 21.8 Å². The zero-order valence-electron chi connectivity index (χ0n) is 16.5. The molecule has 0 aromatic heterocycles. The molecule has 29 heavy (non-hydrogen) atoms. The van der Waals surface area contributed by atoms with Crippen LogP contribution in [0.4, 0.5) is 0 Å². The summed E-state index contributed by atoms with van der Waals surface area (Å²) in [5.41, 5.74) is 0.365. The highest BCUT2D eigenvalue weighted by atomic mass is 32.2. The Kier molecular flexibility index (Phi) is 5.89. The maximum absolute atomic E-state index is 12.9. The minimum absolute atomic E-state index is 0.00769. The van der Waals surface area contributed by atoms with Gasteiger partial charge < -0.3 is 14.5 Å². The van der Waals surface area contributed by atoms with E-state index < -0.39 is 10.0 Å². The highest BCUT2D eigenvalue weighted by Gasteiger charge is 2.32. The number of nitrogens with zero attached hydrogens (tertiary/aromatic N) is 3. The lowest BCUT2D eigenvalue weighted by molar-refractivity contribution is -0.142. The summed E-state index contributed by atoms with van der Waals surface area (Å²) in [6.07, 6.45) is 3.06. The van der Waals surface area contributed by atoms with Crippen molar-refractivity contribution in [2.24, 2.45) is 0 Å². The molecule has 0 saturated carbocycles. The van der Waals surface area contributed by atoms with Crippen molar-refractivity contribution in [1.82, 2.24) is 14.1 Å². The molecule has 8 nitrogen and oxygen atoms in total. The zero-order valence-corrected chi connectivity index (χ0v) is 17.3. The predicted octanol–water partition coefficient (Wildman–Crippen LogP) is 0.934. The fourth-order valence-electron chi connectivity index (χ4n) is 4.16. The summed E-state index contributed by atoms with van der Waals surface area (Å²) in [6.45, 7) is 3.49. The maximum Gasteiger partial charge on any atom is 0.254 e. The third kappa shape index (κ3) is 4.17. The van der Waals surface area contributed by atoms with Gasteiger partial charge in [-0.05, 0) is 43.9 Å². The SMILES string of the molecule is O=C(c1cccc(S(=O)(=O)N2CCCC2)c1)N1CCN(C(=O)[C@@H]2CCCO2)CC1. The van der Waals surface area contributed by atoms with Crippen LogP contribution in [0.25, 0.3) is 0 Å². The fraction of sp³-hybridized carbons (Fsp3) is 0.600. The quantitative estimate of drug-likeness (QED) is 0.722. The van der Waals surface area contributed by atoms with Gasteiger partial charge in [-0.3, -0.25) is 9.59 Å². The normalized spacial score (nSPS) is 23.5. The van der Waals surface area contributed by atoms with Gasteiger partial charge >= 0.3 is 0 Å². The van der Waals surface area contributed by atoms with Crippen molar-refractivity contribution < 1.29 is 22.7 Å². The molecule has 0 aliphatic carbocycles. The van der Waals surface area contributed by atoms with E-state index in [4.69, 9.17) is 4.74 Å². The molecular weight excluding hydrogens is 394 g/mol. The average Bonchev–Trinajstić information content (AvgIpc) is 3.47. The van der Waals surface area contributed by atoms with Gasteiger partial charge in [0, 0.05) is 51.4 Å². The first-order valence-electron chi connectivity index (χ1n) is 10.3. The Morgan fingerprint density at radius 3 is 2.28 bits per heavy atom. The molecule has 0 radical (unpaired) electrons. The molecule has 1 aromatic rings. The number of piperazine rings is 1. The van der Waals surface area contributed by atoms with Crippen LogP contribution < -0.4 is 0 Å². The monoisotopic (exact) mass is 421 g/mol. The van der Waals surface area contributed by atoms with Gasteiger partial charge in [0.1, 0.15) is 6.10 Å². The largest absolute Gasteiger partial charge is 0.368 e.